The summed E-state index contributed by atoms with van der Waals surface area (Å²) in [5, 5.41) is 0.656. The van der Waals surface area contributed by atoms with E-state index in [4.69, 9.17) is 11.6 Å². The standard InChI is InChI=1S/C23H31ClN2O2/c24-18-14-12-17(13-15-18)22-23(28)25(19-8-6-7-9-19)16-21(27)26(22)20-10-4-2-1-3-5-11-20/h12-15,19-20,22H,1-11,16H2. The molecule has 4 rings (SSSR count). The van der Waals surface area contributed by atoms with Gasteiger partial charge in [0.25, 0.3) is 5.91 Å². The molecule has 1 atom stereocenters. The molecule has 0 radical (unpaired) electrons. The molecule has 28 heavy (non-hydrogen) atoms. The Bertz CT molecular complexity index is 691. The highest BCUT2D eigenvalue weighted by Gasteiger charge is 2.45. The van der Waals surface area contributed by atoms with E-state index in [0.29, 0.717) is 5.02 Å². The van der Waals surface area contributed by atoms with Crippen molar-refractivity contribution >= 4 is 23.4 Å². The minimum absolute atomic E-state index is 0.107. The van der Waals surface area contributed by atoms with Gasteiger partial charge in [0.15, 0.2) is 0 Å². The number of rotatable bonds is 3. The topological polar surface area (TPSA) is 40.6 Å². The van der Waals surface area contributed by atoms with Crippen LogP contribution in [-0.2, 0) is 9.59 Å². The molecule has 2 saturated carbocycles. The van der Waals surface area contributed by atoms with E-state index in [9.17, 15) is 9.59 Å². The molecule has 1 aromatic carbocycles. The number of benzene rings is 1. The Balaban J connectivity index is 1.66. The number of piperazine rings is 1. The molecular weight excluding hydrogens is 372 g/mol. The Morgan fingerprint density at radius 3 is 1.93 bits per heavy atom. The fourth-order valence-electron chi connectivity index (χ4n) is 5.33. The molecule has 0 aromatic heterocycles. The summed E-state index contributed by atoms with van der Waals surface area (Å²) in [4.78, 5) is 30.8. The predicted molar refractivity (Wildman–Crippen MR) is 111 cm³/mol. The van der Waals surface area contributed by atoms with Crippen LogP contribution in [0.25, 0.3) is 0 Å². The molecule has 1 heterocycles. The minimum atomic E-state index is -0.497. The molecule has 152 valence electrons. The summed E-state index contributed by atoms with van der Waals surface area (Å²) in [5.41, 5.74) is 0.896. The van der Waals surface area contributed by atoms with Crippen LogP contribution in [0.4, 0.5) is 0 Å². The maximum Gasteiger partial charge on any atom is 0.250 e. The Kier molecular flexibility index (Phi) is 6.25. The second-order valence-electron chi connectivity index (χ2n) is 8.66. The van der Waals surface area contributed by atoms with Crippen LogP contribution in [0, 0.1) is 0 Å². The maximum atomic E-state index is 13.6. The van der Waals surface area contributed by atoms with Crippen LogP contribution < -0.4 is 0 Å². The van der Waals surface area contributed by atoms with Crippen molar-refractivity contribution in [3.05, 3.63) is 34.9 Å². The zero-order chi connectivity index (χ0) is 19.5. The molecule has 0 N–H and O–H groups in total. The van der Waals surface area contributed by atoms with Gasteiger partial charge in [-0.1, -0.05) is 68.7 Å². The fourth-order valence-corrected chi connectivity index (χ4v) is 5.45. The van der Waals surface area contributed by atoms with Crippen molar-refractivity contribution in [2.45, 2.75) is 88.8 Å². The number of hydrogen-bond acceptors (Lipinski definition) is 2. The third-order valence-electron chi connectivity index (χ3n) is 6.81. The van der Waals surface area contributed by atoms with Gasteiger partial charge in [-0.2, -0.15) is 0 Å². The molecule has 0 bridgehead atoms. The van der Waals surface area contributed by atoms with Crippen LogP contribution in [0.2, 0.25) is 5.02 Å². The number of carbonyl (C=O) groups is 2. The fraction of sp³-hybridized carbons (Fsp3) is 0.652. The van der Waals surface area contributed by atoms with Crippen molar-refractivity contribution in [1.82, 2.24) is 9.80 Å². The van der Waals surface area contributed by atoms with Crippen molar-refractivity contribution in [3.8, 4) is 0 Å². The lowest BCUT2D eigenvalue weighted by Gasteiger charge is -2.46. The van der Waals surface area contributed by atoms with E-state index in [-0.39, 0.29) is 30.4 Å². The Hall–Kier alpha value is -1.55. The van der Waals surface area contributed by atoms with Crippen LogP contribution in [0.5, 0.6) is 0 Å². The molecule has 1 aliphatic heterocycles. The van der Waals surface area contributed by atoms with Gasteiger partial charge < -0.3 is 9.80 Å². The van der Waals surface area contributed by atoms with E-state index in [1.165, 1.54) is 19.3 Å². The number of nitrogens with zero attached hydrogens (tertiary/aromatic N) is 2. The van der Waals surface area contributed by atoms with Crippen LogP contribution in [0.1, 0.15) is 82.2 Å². The van der Waals surface area contributed by atoms with Gasteiger partial charge in [0, 0.05) is 17.1 Å². The molecule has 2 amide bonds. The van der Waals surface area contributed by atoms with Gasteiger partial charge in [-0.15, -0.1) is 0 Å². The van der Waals surface area contributed by atoms with Crippen LogP contribution in [0.15, 0.2) is 24.3 Å². The smallest absolute Gasteiger partial charge is 0.250 e. The number of halogens is 1. The monoisotopic (exact) mass is 402 g/mol. The Morgan fingerprint density at radius 2 is 1.29 bits per heavy atom. The summed E-state index contributed by atoms with van der Waals surface area (Å²) in [7, 11) is 0. The minimum Gasteiger partial charge on any atom is -0.328 e. The van der Waals surface area contributed by atoms with E-state index in [2.05, 4.69) is 0 Å². The first-order valence-electron chi connectivity index (χ1n) is 11.0. The van der Waals surface area contributed by atoms with Gasteiger partial charge in [0.1, 0.15) is 12.6 Å². The molecule has 4 nitrogen and oxygen atoms in total. The lowest BCUT2D eigenvalue weighted by atomic mass is 9.91. The van der Waals surface area contributed by atoms with Crippen molar-refractivity contribution < 1.29 is 9.59 Å². The van der Waals surface area contributed by atoms with E-state index in [1.54, 1.807) is 0 Å². The van der Waals surface area contributed by atoms with Gasteiger partial charge in [0.05, 0.1) is 0 Å². The number of amides is 2. The molecule has 5 heteroatoms. The Labute approximate surface area is 173 Å². The average Bonchev–Trinajstić information content (AvgIpc) is 3.19. The van der Waals surface area contributed by atoms with Crippen LogP contribution in [-0.4, -0.2) is 40.2 Å². The van der Waals surface area contributed by atoms with Gasteiger partial charge in [0.2, 0.25) is 5.91 Å². The Morgan fingerprint density at radius 1 is 0.750 bits per heavy atom. The zero-order valence-corrected chi connectivity index (χ0v) is 17.4. The van der Waals surface area contributed by atoms with Gasteiger partial charge in [-0.05, 0) is 43.4 Å². The van der Waals surface area contributed by atoms with E-state index >= 15 is 0 Å². The molecule has 0 spiro atoms. The molecule has 3 fully saturated rings. The highest BCUT2D eigenvalue weighted by molar-refractivity contribution is 6.30. The van der Waals surface area contributed by atoms with Crippen molar-refractivity contribution in [3.63, 3.8) is 0 Å². The van der Waals surface area contributed by atoms with E-state index in [0.717, 1.165) is 56.9 Å². The lowest BCUT2D eigenvalue weighted by Crippen LogP contribution is -2.60. The predicted octanol–water partition coefficient (Wildman–Crippen LogP) is 5.11. The summed E-state index contributed by atoms with van der Waals surface area (Å²) in [6.45, 7) is 0.254. The molecular formula is C23H31ClN2O2. The molecule has 2 aliphatic carbocycles. The summed E-state index contributed by atoms with van der Waals surface area (Å²) in [6, 6.07) is 7.41. The van der Waals surface area contributed by atoms with E-state index in [1.807, 2.05) is 34.1 Å². The second kappa shape index (κ2) is 8.86. The lowest BCUT2D eigenvalue weighted by molar-refractivity contribution is -0.161. The number of carbonyl (C=O) groups excluding carboxylic acids is 2. The molecule has 3 aliphatic rings. The average molecular weight is 403 g/mol. The third kappa shape index (κ3) is 4.07. The summed E-state index contributed by atoms with van der Waals surface area (Å²) >= 11 is 6.10. The van der Waals surface area contributed by atoms with Crippen LogP contribution in [0.3, 0.4) is 0 Å². The first-order valence-corrected chi connectivity index (χ1v) is 11.4. The summed E-state index contributed by atoms with van der Waals surface area (Å²) in [5.74, 6) is 0.230. The molecule has 1 unspecified atom stereocenters. The maximum absolute atomic E-state index is 13.6. The van der Waals surface area contributed by atoms with Crippen molar-refractivity contribution in [1.29, 1.82) is 0 Å². The zero-order valence-electron chi connectivity index (χ0n) is 16.6. The first-order chi connectivity index (χ1) is 13.6. The second-order valence-corrected chi connectivity index (χ2v) is 9.09. The first kappa shape index (κ1) is 19.8. The van der Waals surface area contributed by atoms with Crippen LogP contribution >= 0.6 is 11.6 Å². The highest BCUT2D eigenvalue weighted by Crippen LogP contribution is 2.36. The quantitative estimate of drug-likeness (QED) is 0.705. The molecule has 1 saturated heterocycles. The van der Waals surface area contributed by atoms with Crippen molar-refractivity contribution in [2.24, 2.45) is 0 Å². The third-order valence-corrected chi connectivity index (χ3v) is 7.06. The highest BCUT2D eigenvalue weighted by atomic mass is 35.5. The van der Waals surface area contributed by atoms with Crippen molar-refractivity contribution in [2.75, 3.05) is 6.54 Å². The molecule has 1 aromatic rings. The number of hydrogen-bond donors (Lipinski definition) is 0. The van der Waals surface area contributed by atoms with Gasteiger partial charge >= 0.3 is 0 Å². The van der Waals surface area contributed by atoms with Gasteiger partial charge in [-0.3, -0.25) is 9.59 Å². The largest absolute Gasteiger partial charge is 0.328 e. The normalized spacial score (nSPS) is 25.8. The van der Waals surface area contributed by atoms with E-state index < -0.39 is 6.04 Å². The van der Waals surface area contributed by atoms with Gasteiger partial charge in [-0.25, -0.2) is 0 Å². The summed E-state index contributed by atoms with van der Waals surface area (Å²) in [6.07, 6.45) is 12.4. The summed E-state index contributed by atoms with van der Waals surface area (Å²) < 4.78 is 0. The SMILES string of the molecule is O=C1C(c2ccc(Cl)cc2)N(C2CCCCCCC2)C(=O)CN1C1CCCC1.